The lowest BCUT2D eigenvalue weighted by Gasteiger charge is -2.15. The van der Waals surface area contributed by atoms with Crippen LogP contribution in [-0.4, -0.2) is 36.5 Å². The van der Waals surface area contributed by atoms with E-state index in [0.717, 1.165) is 35.2 Å². The molecule has 106 valence electrons. The molecule has 1 fully saturated rings. The van der Waals surface area contributed by atoms with Crippen LogP contribution in [0.15, 0.2) is 22.7 Å². The van der Waals surface area contributed by atoms with Crippen LogP contribution in [0.25, 0.3) is 0 Å². The van der Waals surface area contributed by atoms with Crippen LogP contribution in [0.1, 0.15) is 12.0 Å². The highest BCUT2D eigenvalue weighted by molar-refractivity contribution is 9.10. The standard InChI is InChI=1S/C13H18BrN3O.ClH/c1-9-2-3-12(11(14)6-9)16-13(18)8-17-5-4-10(15)7-17;/h2-3,6,10H,4-5,7-8,15H2,1H3,(H,16,18);1H/t10-;/m0./s1. The molecule has 0 saturated carbocycles. The van der Waals surface area contributed by atoms with Crippen molar-refractivity contribution in [3.8, 4) is 0 Å². The molecule has 1 aliphatic heterocycles. The van der Waals surface area contributed by atoms with Crippen LogP contribution in [0.3, 0.4) is 0 Å². The van der Waals surface area contributed by atoms with E-state index in [0.29, 0.717) is 6.54 Å². The minimum atomic E-state index is 0. The van der Waals surface area contributed by atoms with Crippen molar-refractivity contribution in [2.75, 3.05) is 25.0 Å². The van der Waals surface area contributed by atoms with Crippen molar-refractivity contribution in [2.45, 2.75) is 19.4 Å². The van der Waals surface area contributed by atoms with Crippen molar-refractivity contribution in [3.63, 3.8) is 0 Å². The van der Waals surface area contributed by atoms with Crippen LogP contribution < -0.4 is 11.1 Å². The van der Waals surface area contributed by atoms with Crippen molar-refractivity contribution in [3.05, 3.63) is 28.2 Å². The van der Waals surface area contributed by atoms with Crippen molar-refractivity contribution in [1.82, 2.24) is 4.90 Å². The maximum Gasteiger partial charge on any atom is 0.238 e. The molecule has 1 saturated heterocycles. The van der Waals surface area contributed by atoms with Crippen LogP contribution in [0, 0.1) is 6.92 Å². The third-order valence-corrected chi connectivity index (χ3v) is 3.73. The summed E-state index contributed by atoms with van der Waals surface area (Å²) in [6.45, 7) is 4.14. The van der Waals surface area contributed by atoms with E-state index in [1.165, 1.54) is 0 Å². The number of hydrogen-bond acceptors (Lipinski definition) is 3. The van der Waals surface area contributed by atoms with E-state index in [1.54, 1.807) is 0 Å². The Morgan fingerprint density at radius 3 is 2.89 bits per heavy atom. The number of hydrogen-bond donors (Lipinski definition) is 2. The highest BCUT2D eigenvalue weighted by Crippen LogP contribution is 2.23. The van der Waals surface area contributed by atoms with E-state index < -0.39 is 0 Å². The number of nitrogens with two attached hydrogens (primary N) is 1. The average Bonchev–Trinajstić information content (AvgIpc) is 2.68. The maximum atomic E-state index is 11.9. The Labute approximate surface area is 128 Å². The Hall–Kier alpha value is -0.620. The molecule has 1 aromatic rings. The van der Waals surface area contributed by atoms with Crippen molar-refractivity contribution >= 4 is 39.9 Å². The fraction of sp³-hybridized carbons (Fsp3) is 0.462. The molecule has 0 spiro atoms. The smallest absolute Gasteiger partial charge is 0.238 e. The summed E-state index contributed by atoms with van der Waals surface area (Å²) in [6, 6.07) is 6.09. The van der Waals surface area contributed by atoms with Gasteiger partial charge < -0.3 is 11.1 Å². The quantitative estimate of drug-likeness (QED) is 0.880. The molecule has 1 aromatic carbocycles. The fourth-order valence-corrected chi connectivity index (χ4v) is 2.71. The largest absolute Gasteiger partial charge is 0.326 e. The molecule has 19 heavy (non-hydrogen) atoms. The predicted molar refractivity (Wildman–Crippen MR) is 83.8 cm³/mol. The van der Waals surface area contributed by atoms with E-state index in [-0.39, 0.29) is 24.4 Å². The minimum Gasteiger partial charge on any atom is -0.326 e. The number of amides is 1. The number of aryl methyl sites for hydroxylation is 1. The molecule has 2 rings (SSSR count). The molecular formula is C13H19BrClN3O. The van der Waals surface area contributed by atoms with Crippen LogP contribution >= 0.6 is 28.3 Å². The molecule has 3 N–H and O–H groups in total. The normalized spacial score (nSPS) is 19.0. The van der Waals surface area contributed by atoms with Crippen LogP contribution in [0.2, 0.25) is 0 Å². The molecule has 0 aromatic heterocycles. The van der Waals surface area contributed by atoms with Gasteiger partial charge in [-0.25, -0.2) is 0 Å². The Morgan fingerprint density at radius 2 is 2.32 bits per heavy atom. The lowest BCUT2D eigenvalue weighted by atomic mass is 10.2. The molecule has 6 heteroatoms. The maximum absolute atomic E-state index is 11.9. The number of carbonyl (C=O) groups excluding carboxylic acids is 1. The second-order valence-electron chi connectivity index (χ2n) is 4.82. The molecule has 1 aliphatic rings. The van der Waals surface area contributed by atoms with Gasteiger partial charge in [0.1, 0.15) is 0 Å². The van der Waals surface area contributed by atoms with Gasteiger partial charge in [-0.15, -0.1) is 12.4 Å². The molecule has 0 aliphatic carbocycles. The third-order valence-electron chi connectivity index (χ3n) is 3.07. The summed E-state index contributed by atoms with van der Waals surface area (Å²) in [7, 11) is 0. The van der Waals surface area contributed by atoms with Crippen molar-refractivity contribution in [1.29, 1.82) is 0 Å². The van der Waals surface area contributed by atoms with Gasteiger partial charge in [-0.05, 0) is 47.0 Å². The van der Waals surface area contributed by atoms with Crippen molar-refractivity contribution < 1.29 is 4.79 Å². The summed E-state index contributed by atoms with van der Waals surface area (Å²) in [4.78, 5) is 14.0. The van der Waals surface area contributed by atoms with Gasteiger partial charge in [0.05, 0.1) is 12.2 Å². The van der Waals surface area contributed by atoms with Gasteiger partial charge in [0.25, 0.3) is 0 Å². The number of rotatable bonds is 3. The molecule has 0 radical (unpaired) electrons. The van der Waals surface area contributed by atoms with Gasteiger partial charge in [0.15, 0.2) is 0 Å². The lowest BCUT2D eigenvalue weighted by molar-refractivity contribution is -0.117. The Kier molecular flexibility index (Phi) is 6.26. The summed E-state index contributed by atoms with van der Waals surface area (Å²) < 4.78 is 0.911. The Morgan fingerprint density at radius 1 is 1.58 bits per heavy atom. The summed E-state index contributed by atoms with van der Waals surface area (Å²) in [5.41, 5.74) is 7.79. The molecule has 4 nitrogen and oxygen atoms in total. The topological polar surface area (TPSA) is 58.4 Å². The van der Waals surface area contributed by atoms with Gasteiger partial charge in [-0.3, -0.25) is 9.69 Å². The van der Waals surface area contributed by atoms with Crippen LogP contribution in [0.4, 0.5) is 5.69 Å². The highest BCUT2D eigenvalue weighted by atomic mass is 79.9. The highest BCUT2D eigenvalue weighted by Gasteiger charge is 2.21. The molecule has 1 heterocycles. The van der Waals surface area contributed by atoms with Gasteiger partial charge in [-0.1, -0.05) is 6.07 Å². The molecule has 0 bridgehead atoms. The van der Waals surface area contributed by atoms with Crippen LogP contribution in [-0.2, 0) is 4.79 Å². The van der Waals surface area contributed by atoms with E-state index in [2.05, 4.69) is 26.1 Å². The molecule has 1 amide bonds. The predicted octanol–water partition coefficient (Wildman–Crippen LogP) is 2.15. The summed E-state index contributed by atoms with van der Waals surface area (Å²) >= 11 is 3.45. The number of benzene rings is 1. The van der Waals surface area contributed by atoms with Crippen LogP contribution in [0.5, 0.6) is 0 Å². The van der Waals surface area contributed by atoms with Gasteiger partial charge in [0, 0.05) is 23.6 Å². The lowest BCUT2D eigenvalue weighted by Crippen LogP contribution is -2.33. The zero-order valence-electron chi connectivity index (χ0n) is 10.9. The Bertz CT molecular complexity index is 456. The molecule has 0 unspecified atom stereocenters. The minimum absolute atomic E-state index is 0. The molecule has 1 atom stereocenters. The second-order valence-corrected chi connectivity index (χ2v) is 5.67. The monoisotopic (exact) mass is 347 g/mol. The van der Waals surface area contributed by atoms with E-state index in [9.17, 15) is 4.79 Å². The number of nitrogens with one attached hydrogen (secondary N) is 1. The first kappa shape index (κ1) is 16.4. The van der Waals surface area contributed by atoms with Gasteiger partial charge in [-0.2, -0.15) is 0 Å². The van der Waals surface area contributed by atoms with Crippen molar-refractivity contribution in [2.24, 2.45) is 5.73 Å². The summed E-state index contributed by atoms with van der Waals surface area (Å²) in [5, 5.41) is 2.91. The summed E-state index contributed by atoms with van der Waals surface area (Å²) in [6.07, 6.45) is 0.974. The number of anilines is 1. The number of nitrogens with zero attached hydrogens (tertiary/aromatic N) is 1. The van der Waals surface area contributed by atoms with E-state index >= 15 is 0 Å². The third kappa shape index (κ3) is 4.76. The molecular weight excluding hydrogens is 330 g/mol. The Balaban J connectivity index is 0.00000180. The first-order valence-corrected chi connectivity index (χ1v) is 6.88. The van der Waals surface area contributed by atoms with E-state index in [1.807, 2.05) is 25.1 Å². The fourth-order valence-electron chi connectivity index (χ4n) is 2.12. The number of likely N-dealkylation sites (tertiary alicyclic amines) is 1. The second kappa shape index (κ2) is 7.24. The first-order valence-electron chi connectivity index (χ1n) is 6.08. The van der Waals surface area contributed by atoms with Gasteiger partial charge >= 0.3 is 0 Å². The summed E-state index contributed by atoms with van der Waals surface area (Å²) in [5.74, 6) is 0.00801. The number of carbonyl (C=O) groups is 1. The average molecular weight is 349 g/mol. The zero-order valence-corrected chi connectivity index (χ0v) is 13.3. The number of halogens is 2. The zero-order chi connectivity index (χ0) is 13.1. The first-order chi connectivity index (χ1) is 8.54. The van der Waals surface area contributed by atoms with Gasteiger partial charge in [0.2, 0.25) is 5.91 Å². The SMILES string of the molecule is Cc1ccc(NC(=O)CN2CC[C@H](N)C2)c(Br)c1.Cl. The van der Waals surface area contributed by atoms with E-state index in [4.69, 9.17) is 5.73 Å².